The molecule has 0 aromatic heterocycles. The second-order valence-corrected chi connectivity index (χ2v) is 4.53. The molecule has 0 aliphatic heterocycles. The van der Waals surface area contributed by atoms with Gasteiger partial charge in [0.25, 0.3) is 0 Å². The van der Waals surface area contributed by atoms with E-state index in [1.165, 1.54) is 0 Å². The highest BCUT2D eigenvalue weighted by molar-refractivity contribution is 5.71. The lowest BCUT2D eigenvalue weighted by atomic mass is 9.94. The van der Waals surface area contributed by atoms with E-state index in [1.54, 1.807) is 0 Å². The van der Waals surface area contributed by atoms with Gasteiger partial charge in [-0.1, -0.05) is 17.7 Å². The van der Waals surface area contributed by atoms with Crippen LogP contribution in [0.1, 0.15) is 16.7 Å². The van der Waals surface area contributed by atoms with E-state index in [-0.39, 0.29) is 0 Å². The van der Waals surface area contributed by atoms with Gasteiger partial charge in [0, 0.05) is 0 Å². The van der Waals surface area contributed by atoms with E-state index >= 15 is 0 Å². The molecular weight excluding hydrogens is 237 g/mol. The van der Waals surface area contributed by atoms with Crippen LogP contribution in [0.4, 0.5) is 13.2 Å². The monoisotopic (exact) mass is 250 g/mol. The van der Waals surface area contributed by atoms with E-state index in [9.17, 15) is 13.2 Å². The van der Waals surface area contributed by atoms with Gasteiger partial charge < -0.3 is 0 Å². The summed E-state index contributed by atoms with van der Waals surface area (Å²) in [5.74, 6) is -3.75. The fourth-order valence-electron chi connectivity index (χ4n) is 2.34. The summed E-state index contributed by atoms with van der Waals surface area (Å²) in [6.07, 6.45) is 0. The lowest BCUT2D eigenvalue weighted by molar-refractivity contribution is 0.447. The van der Waals surface area contributed by atoms with Crippen molar-refractivity contribution in [3.63, 3.8) is 0 Å². The summed E-state index contributed by atoms with van der Waals surface area (Å²) >= 11 is 0. The first-order valence-electron chi connectivity index (χ1n) is 5.63. The Kier molecular flexibility index (Phi) is 3.16. The predicted octanol–water partition coefficient (Wildman–Crippen LogP) is 4.70. The van der Waals surface area contributed by atoms with Gasteiger partial charge in [0.05, 0.1) is 0 Å². The maximum Gasteiger partial charge on any atom is 0.194 e. The van der Waals surface area contributed by atoms with Crippen molar-refractivity contribution in [1.82, 2.24) is 0 Å². The van der Waals surface area contributed by atoms with Gasteiger partial charge in [0.2, 0.25) is 0 Å². The quantitative estimate of drug-likeness (QED) is 0.644. The van der Waals surface area contributed by atoms with E-state index in [2.05, 4.69) is 0 Å². The van der Waals surface area contributed by atoms with E-state index < -0.39 is 17.5 Å². The van der Waals surface area contributed by atoms with Crippen molar-refractivity contribution >= 4 is 0 Å². The van der Waals surface area contributed by atoms with E-state index in [0.717, 1.165) is 34.4 Å². The molecule has 2 rings (SSSR count). The maximum atomic E-state index is 13.3. The molecule has 0 radical (unpaired) electrons. The van der Waals surface area contributed by atoms with Gasteiger partial charge in [0.15, 0.2) is 17.5 Å². The maximum absolute atomic E-state index is 13.3. The summed E-state index contributed by atoms with van der Waals surface area (Å²) in [5, 5.41) is 0. The van der Waals surface area contributed by atoms with Crippen LogP contribution in [-0.2, 0) is 0 Å². The molecule has 94 valence electrons. The summed E-state index contributed by atoms with van der Waals surface area (Å²) in [5.41, 5.74) is 4.02. The minimum absolute atomic E-state index is 0.362. The van der Waals surface area contributed by atoms with E-state index in [1.807, 2.05) is 32.9 Å². The molecule has 0 amide bonds. The molecular formula is C15H13F3. The van der Waals surface area contributed by atoms with Crippen LogP contribution in [-0.4, -0.2) is 0 Å². The highest BCUT2D eigenvalue weighted by atomic mass is 19.2. The smallest absolute Gasteiger partial charge is 0.194 e. The summed E-state index contributed by atoms with van der Waals surface area (Å²) < 4.78 is 39.4. The molecule has 0 nitrogen and oxygen atoms in total. The Hall–Kier alpha value is -1.77. The molecule has 0 N–H and O–H groups in total. The molecule has 0 atom stereocenters. The highest BCUT2D eigenvalue weighted by Gasteiger charge is 2.14. The van der Waals surface area contributed by atoms with Gasteiger partial charge in [-0.2, -0.15) is 0 Å². The van der Waals surface area contributed by atoms with Gasteiger partial charge in [-0.25, -0.2) is 13.2 Å². The van der Waals surface area contributed by atoms with Crippen LogP contribution in [0.5, 0.6) is 0 Å². The third kappa shape index (κ3) is 2.13. The van der Waals surface area contributed by atoms with Crippen molar-refractivity contribution in [1.29, 1.82) is 0 Å². The van der Waals surface area contributed by atoms with Gasteiger partial charge >= 0.3 is 0 Å². The SMILES string of the molecule is Cc1cc(C)c(-c2cc(F)c(F)c(F)c2)c(C)c1. The summed E-state index contributed by atoms with van der Waals surface area (Å²) in [4.78, 5) is 0. The average Bonchev–Trinajstić information content (AvgIpc) is 2.24. The zero-order chi connectivity index (χ0) is 13.4. The Morgan fingerprint density at radius 1 is 0.722 bits per heavy atom. The molecule has 0 unspecified atom stereocenters. The first kappa shape index (κ1) is 12.7. The molecule has 2 aromatic rings. The number of halogens is 3. The van der Waals surface area contributed by atoms with E-state index in [4.69, 9.17) is 0 Å². The molecule has 3 heteroatoms. The number of hydrogen-bond acceptors (Lipinski definition) is 0. The largest absolute Gasteiger partial charge is 0.204 e. The topological polar surface area (TPSA) is 0 Å². The van der Waals surface area contributed by atoms with Crippen molar-refractivity contribution in [2.45, 2.75) is 20.8 Å². The molecule has 0 fully saturated rings. The molecule has 0 aliphatic carbocycles. The van der Waals surface area contributed by atoms with Gasteiger partial charge in [-0.15, -0.1) is 0 Å². The lowest BCUT2D eigenvalue weighted by Crippen LogP contribution is -1.95. The average molecular weight is 250 g/mol. The van der Waals surface area contributed by atoms with Gasteiger partial charge in [-0.3, -0.25) is 0 Å². The fourth-order valence-corrected chi connectivity index (χ4v) is 2.34. The van der Waals surface area contributed by atoms with Crippen molar-refractivity contribution in [3.8, 4) is 11.1 Å². The molecule has 0 spiro atoms. The number of rotatable bonds is 1. The lowest BCUT2D eigenvalue weighted by Gasteiger charge is -2.12. The Bertz CT molecular complexity index is 569. The summed E-state index contributed by atoms with van der Waals surface area (Å²) in [7, 11) is 0. The molecule has 2 aromatic carbocycles. The van der Waals surface area contributed by atoms with Crippen molar-refractivity contribution in [2.24, 2.45) is 0 Å². The first-order valence-corrected chi connectivity index (χ1v) is 5.63. The van der Waals surface area contributed by atoms with Gasteiger partial charge in [-0.05, 0) is 55.2 Å². The molecule has 0 bridgehead atoms. The fraction of sp³-hybridized carbons (Fsp3) is 0.200. The third-order valence-corrected chi connectivity index (χ3v) is 2.95. The second kappa shape index (κ2) is 4.48. The zero-order valence-electron chi connectivity index (χ0n) is 10.4. The van der Waals surface area contributed by atoms with Crippen molar-refractivity contribution in [3.05, 3.63) is 58.4 Å². The molecule has 0 saturated heterocycles. The first-order chi connectivity index (χ1) is 8.40. The third-order valence-electron chi connectivity index (χ3n) is 2.95. The van der Waals surface area contributed by atoms with Crippen molar-refractivity contribution < 1.29 is 13.2 Å². The Morgan fingerprint density at radius 3 is 1.61 bits per heavy atom. The summed E-state index contributed by atoms with van der Waals surface area (Å²) in [6, 6.07) is 5.93. The highest BCUT2D eigenvalue weighted by Crippen LogP contribution is 2.30. The van der Waals surface area contributed by atoms with Crippen LogP contribution in [0.2, 0.25) is 0 Å². The van der Waals surface area contributed by atoms with Crippen LogP contribution >= 0.6 is 0 Å². The number of aryl methyl sites for hydroxylation is 3. The number of hydrogen-bond donors (Lipinski definition) is 0. The van der Waals surface area contributed by atoms with Crippen LogP contribution in [0.15, 0.2) is 24.3 Å². The van der Waals surface area contributed by atoms with Crippen LogP contribution in [0.3, 0.4) is 0 Å². The van der Waals surface area contributed by atoms with Gasteiger partial charge in [0.1, 0.15) is 0 Å². The predicted molar refractivity (Wildman–Crippen MR) is 66.0 cm³/mol. The van der Waals surface area contributed by atoms with Crippen LogP contribution in [0.25, 0.3) is 11.1 Å². The van der Waals surface area contributed by atoms with E-state index in [0.29, 0.717) is 5.56 Å². The minimum Gasteiger partial charge on any atom is -0.204 e. The van der Waals surface area contributed by atoms with Crippen LogP contribution < -0.4 is 0 Å². The Balaban J connectivity index is 2.70. The molecule has 0 heterocycles. The Morgan fingerprint density at radius 2 is 1.17 bits per heavy atom. The standard InChI is InChI=1S/C15H13F3/c1-8-4-9(2)14(10(3)5-8)11-6-12(16)15(18)13(17)7-11/h4-7H,1-3H3. The number of benzene rings is 2. The molecule has 0 aliphatic rings. The van der Waals surface area contributed by atoms with Crippen molar-refractivity contribution in [2.75, 3.05) is 0 Å². The normalized spacial score (nSPS) is 10.8. The molecule has 0 saturated carbocycles. The van der Waals surface area contributed by atoms with Crippen LogP contribution in [0, 0.1) is 38.2 Å². The second-order valence-electron chi connectivity index (χ2n) is 4.53. The zero-order valence-corrected chi connectivity index (χ0v) is 10.4. The minimum atomic E-state index is -1.43. The summed E-state index contributed by atoms with van der Waals surface area (Å²) in [6.45, 7) is 5.69. The molecule has 18 heavy (non-hydrogen) atoms. The Labute approximate surface area is 104 Å².